The molecule has 0 spiro atoms. The van der Waals surface area contributed by atoms with Crippen molar-refractivity contribution in [2.24, 2.45) is 0 Å². The summed E-state index contributed by atoms with van der Waals surface area (Å²) >= 11 is 3.23. The Hall–Kier alpha value is -3.51. The predicted molar refractivity (Wildman–Crippen MR) is 117 cm³/mol. The quantitative estimate of drug-likeness (QED) is 0.126. The van der Waals surface area contributed by atoms with Crippen LogP contribution in [0.4, 0.5) is 5.13 Å². The van der Waals surface area contributed by atoms with Crippen LogP contribution in [0.3, 0.4) is 0 Å². The van der Waals surface area contributed by atoms with Crippen molar-refractivity contribution in [1.29, 1.82) is 0 Å². The Bertz CT molecular complexity index is 1240. The molecule has 5 N–H and O–H groups in total. The fourth-order valence-corrected chi connectivity index (χ4v) is 6.09. The largest absolute Gasteiger partial charge is 0.480 e. The summed E-state index contributed by atoms with van der Waals surface area (Å²) in [6.45, 7) is -0.463. The summed E-state index contributed by atoms with van der Waals surface area (Å²) in [6, 6.07) is -1.08. The van der Waals surface area contributed by atoms with Crippen molar-refractivity contribution < 1.29 is 34.2 Å². The van der Waals surface area contributed by atoms with Crippen LogP contribution in [0.15, 0.2) is 21.8 Å². The molecule has 1 unspecified atom stereocenters. The standard InChI is InChI=1S/C16H14N8O7S3/c17-15-18-6(4-33-15)10(27)11(28)19-8-12(29)24-9(14(30)31)5(2-32-13(8)24)3-34-16-20-21-22-23(16)1-7(25)26/h4,8,13H,1-3H2,(H2,17,18)(H,19,28)(H,25,26)(H,30,31)/t8?,13-/m1/s1. The maximum Gasteiger partial charge on any atom is 0.352 e. The summed E-state index contributed by atoms with van der Waals surface area (Å²) in [6.07, 6.45) is 0. The lowest BCUT2D eigenvalue weighted by atomic mass is 10.0. The van der Waals surface area contributed by atoms with Gasteiger partial charge in [0.05, 0.1) is 0 Å². The van der Waals surface area contributed by atoms with Crippen LogP contribution in [0.1, 0.15) is 10.5 Å². The highest BCUT2D eigenvalue weighted by Gasteiger charge is 2.54. The Labute approximate surface area is 201 Å². The molecule has 0 bridgehead atoms. The predicted octanol–water partition coefficient (Wildman–Crippen LogP) is -1.49. The number of carboxylic acids is 2. The zero-order chi connectivity index (χ0) is 24.6. The van der Waals surface area contributed by atoms with E-state index >= 15 is 0 Å². The van der Waals surface area contributed by atoms with Gasteiger partial charge in [0.15, 0.2) is 5.13 Å². The van der Waals surface area contributed by atoms with E-state index in [1.807, 2.05) is 0 Å². The molecule has 2 aromatic heterocycles. The third-order valence-corrected chi connectivity index (χ3v) is 7.71. The molecule has 2 aliphatic rings. The van der Waals surface area contributed by atoms with Gasteiger partial charge >= 0.3 is 11.9 Å². The summed E-state index contributed by atoms with van der Waals surface area (Å²) < 4.78 is 1.06. The van der Waals surface area contributed by atoms with Crippen LogP contribution in [0.5, 0.6) is 0 Å². The lowest BCUT2D eigenvalue weighted by molar-refractivity contribution is -0.150. The molecule has 2 aliphatic heterocycles. The number of anilines is 1. The average molecular weight is 527 g/mol. The molecule has 0 saturated carbocycles. The number of β-lactam (4-membered cyclic amide) rings is 1. The van der Waals surface area contributed by atoms with Crippen molar-refractivity contribution in [1.82, 2.24) is 35.4 Å². The lowest BCUT2D eigenvalue weighted by Gasteiger charge is -2.49. The van der Waals surface area contributed by atoms with Crippen LogP contribution >= 0.6 is 34.9 Å². The van der Waals surface area contributed by atoms with Crippen molar-refractivity contribution in [3.63, 3.8) is 0 Å². The lowest BCUT2D eigenvalue weighted by Crippen LogP contribution is -2.71. The van der Waals surface area contributed by atoms with Crippen LogP contribution in [-0.2, 0) is 25.7 Å². The zero-order valence-electron chi connectivity index (χ0n) is 16.8. The fourth-order valence-electron chi connectivity index (χ4n) is 3.19. The number of Topliss-reactive ketones (excluding diaryl/α,β-unsaturated/α-hetero) is 1. The van der Waals surface area contributed by atoms with Gasteiger partial charge in [-0.25, -0.2) is 14.5 Å². The second-order valence-electron chi connectivity index (χ2n) is 6.82. The van der Waals surface area contributed by atoms with Gasteiger partial charge in [-0.05, 0) is 16.0 Å². The van der Waals surface area contributed by atoms with E-state index in [9.17, 15) is 29.1 Å². The average Bonchev–Trinajstić information content (AvgIpc) is 3.42. The molecule has 1 fully saturated rings. The molecule has 2 aromatic rings. The Balaban J connectivity index is 1.45. The summed E-state index contributed by atoms with van der Waals surface area (Å²) in [4.78, 5) is 64.8. The number of amides is 2. The molecule has 1 saturated heterocycles. The summed E-state index contributed by atoms with van der Waals surface area (Å²) in [7, 11) is 0. The number of nitrogens with one attached hydrogen (secondary N) is 1. The van der Waals surface area contributed by atoms with Gasteiger partial charge in [-0.1, -0.05) is 11.8 Å². The van der Waals surface area contributed by atoms with E-state index < -0.39 is 47.5 Å². The monoisotopic (exact) mass is 526 g/mol. The van der Waals surface area contributed by atoms with Gasteiger partial charge in [-0.15, -0.1) is 28.2 Å². The van der Waals surface area contributed by atoms with E-state index in [2.05, 4.69) is 25.8 Å². The first-order valence-corrected chi connectivity index (χ1v) is 12.2. The minimum atomic E-state index is -1.34. The van der Waals surface area contributed by atoms with Crippen molar-refractivity contribution in [3.8, 4) is 0 Å². The summed E-state index contributed by atoms with van der Waals surface area (Å²) in [5.41, 5.74) is 5.49. The van der Waals surface area contributed by atoms with Gasteiger partial charge < -0.3 is 21.3 Å². The van der Waals surface area contributed by atoms with Gasteiger partial charge in [0, 0.05) is 16.9 Å². The van der Waals surface area contributed by atoms with Crippen molar-refractivity contribution in [3.05, 3.63) is 22.3 Å². The molecule has 34 heavy (non-hydrogen) atoms. The molecule has 2 amide bonds. The molecule has 178 valence electrons. The normalized spacial score (nSPS) is 19.4. The van der Waals surface area contributed by atoms with Crippen LogP contribution in [0, 0.1) is 0 Å². The van der Waals surface area contributed by atoms with Gasteiger partial charge in [-0.3, -0.25) is 24.1 Å². The summed E-state index contributed by atoms with van der Waals surface area (Å²) in [5.74, 6) is -4.85. The van der Waals surface area contributed by atoms with Crippen LogP contribution in [0.25, 0.3) is 0 Å². The minimum Gasteiger partial charge on any atom is -0.480 e. The number of thiazole rings is 1. The number of aromatic nitrogens is 5. The van der Waals surface area contributed by atoms with Crippen LogP contribution in [-0.4, -0.2) is 92.8 Å². The smallest absolute Gasteiger partial charge is 0.352 e. The first-order chi connectivity index (χ1) is 16.2. The first-order valence-electron chi connectivity index (χ1n) is 9.24. The molecule has 0 radical (unpaired) electrons. The van der Waals surface area contributed by atoms with Crippen molar-refractivity contribution in [2.45, 2.75) is 23.1 Å². The Morgan fingerprint density at radius 1 is 1.29 bits per heavy atom. The Morgan fingerprint density at radius 2 is 2.06 bits per heavy atom. The number of thioether (sulfide) groups is 2. The van der Waals surface area contributed by atoms with E-state index in [1.54, 1.807) is 0 Å². The number of hydrogen-bond donors (Lipinski definition) is 4. The fraction of sp³-hybridized carbons (Fsp3) is 0.312. The van der Waals surface area contributed by atoms with Gasteiger partial charge in [0.1, 0.15) is 29.4 Å². The molecule has 4 rings (SSSR count). The number of carbonyl (C=O) groups excluding carboxylic acids is 3. The number of fused-ring (bicyclic) bond motifs is 1. The third-order valence-electron chi connectivity index (χ3n) is 4.66. The number of tetrazole rings is 1. The van der Waals surface area contributed by atoms with Crippen molar-refractivity contribution >= 4 is 69.5 Å². The first kappa shape index (κ1) is 23.6. The van der Waals surface area contributed by atoms with Crippen LogP contribution < -0.4 is 11.1 Å². The Kier molecular flexibility index (Phi) is 6.53. The number of carboxylic acid groups (broad SMARTS) is 2. The zero-order valence-corrected chi connectivity index (χ0v) is 19.2. The molecule has 0 aromatic carbocycles. The summed E-state index contributed by atoms with van der Waals surface area (Å²) in [5, 5.41) is 32.6. The number of aliphatic carboxylic acids is 2. The molecule has 15 nitrogen and oxygen atoms in total. The van der Waals surface area contributed by atoms with Crippen molar-refractivity contribution in [2.75, 3.05) is 17.2 Å². The maximum atomic E-state index is 12.7. The number of hydrogen-bond acceptors (Lipinski definition) is 13. The van der Waals surface area contributed by atoms with E-state index in [1.165, 1.54) is 17.1 Å². The maximum absolute atomic E-state index is 12.7. The highest BCUT2D eigenvalue weighted by molar-refractivity contribution is 8.01. The molecule has 18 heteroatoms. The third kappa shape index (κ3) is 4.46. The SMILES string of the molecule is Nc1nc(C(=O)C(=O)NC2C(=O)N3C(C(=O)O)=C(CSc4nnnn4CC(=O)O)CS[C@H]23)cs1. The minimum absolute atomic E-state index is 0.0892. The number of rotatable bonds is 9. The highest BCUT2D eigenvalue weighted by atomic mass is 32.2. The topological polar surface area (TPSA) is 224 Å². The number of nitrogen functional groups attached to an aromatic ring is 1. The molecule has 2 atom stereocenters. The van der Waals surface area contributed by atoms with Crippen LogP contribution in [0.2, 0.25) is 0 Å². The number of nitrogens with two attached hydrogens (primary N) is 1. The number of carbonyl (C=O) groups is 5. The van der Waals surface area contributed by atoms with Gasteiger partial charge in [0.2, 0.25) is 5.16 Å². The number of nitrogens with zero attached hydrogens (tertiary/aromatic N) is 6. The molecular weight excluding hydrogens is 512 g/mol. The second-order valence-corrected chi connectivity index (χ2v) is 9.76. The van der Waals surface area contributed by atoms with Gasteiger partial charge in [-0.2, -0.15) is 0 Å². The van der Waals surface area contributed by atoms with E-state index in [0.717, 1.165) is 32.7 Å². The van der Waals surface area contributed by atoms with E-state index in [0.29, 0.717) is 5.57 Å². The van der Waals surface area contributed by atoms with E-state index in [4.69, 9.17) is 10.8 Å². The number of ketones is 1. The Morgan fingerprint density at radius 3 is 2.71 bits per heavy atom. The second kappa shape index (κ2) is 9.39. The van der Waals surface area contributed by atoms with Gasteiger partial charge in [0.25, 0.3) is 17.6 Å². The highest BCUT2D eigenvalue weighted by Crippen LogP contribution is 2.41. The molecular formula is C16H14N8O7S3. The molecule has 0 aliphatic carbocycles. The van der Waals surface area contributed by atoms with E-state index in [-0.39, 0.29) is 33.2 Å². The molecule has 4 heterocycles.